The van der Waals surface area contributed by atoms with Gasteiger partial charge < -0.3 is 9.80 Å². The van der Waals surface area contributed by atoms with Crippen molar-refractivity contribution in [3.8, 4) is 17.2 Å². The van der Waals surface area contributed by atoms with Crippen LogP contribution >= 0.6 is 0 Å². The molecule has 0 spiro atoms. The van der Waals surface area contributed by atoms with E-state index in [9.17, 15) is 13.6 Å². The van der Waals surface area contributed by atoms with E-state index in [0.29, 0.717) is 23.3 Å². The lowest BCUT2D eigenvalue weighted by molar-refractivity contribution is -0.133. The van der Waals surface area contributed by atoms with Gasteiger partial charge in [0.2, 0.25) is 5.91 Å². The first-order valence-electron chi connectivity index (χ1n) is 9.64. The zero-order chi connectivity index (χ0) is 20.8. The molecule has 2 aliphatic heterocycles. The second kappa shape index (κ2) is 7.05. The monoisotopic (exact) mass is 412 g/mol. The van der Waals surface area contributed by atoms with E-state index < -0.39 is 6.55 Å². The number of carbonyl (C=O) groups excluding carboxylic acids is 1. The molecular formula is C19H18F2N8O. The molecule has 5 heterocycles. The molecule has 9 nitrogen and oxygen atoms in total. The van der Waals surface area contributed by atoms with Gasteiger partial charge in [0.1, 0.15) is 18.3 Å². The first kappa shape index (κ1) is 18.5. The maximum absolute atomic E-state index is 12.8. The largest absolute Gasteiger partial charge is 0.351 e. The second-order valence-corrected chi connectivity index (χ2v) is 7.55. The number of hydrogen-bond acceptors (Lipinski definition) is 6. The molecule has 2 unspecified atom stereocenters. The molecule has 2 atom stereocenters. The van der Waals surface area contributed by atoms with E-state index in [4.69, 9.17) is 5.26 Å². The van der Waals surface area contributed by atoms with Crippen LogP contribution in [0.3, 0.4) is 0 Å². The number of anilines is 1. The SMILES string of the molecule is N#CCC(=O)N1C2CCC1CN(c1ncnn3cc(-c4cnn(C(F)F)c4)cc13)C2. The molecule has 3 aromatic rings. The van der Waals surface area contributed by atoms with Gasteiger partial charge in [0.25, 0.3) is 0 Å². The Labute approximate surface area is 170 Å². The molecule has 3 aromatic heterocycles. The maximum atomic E-state index is 12.8. The summed E-state index contributed by atoms with van der Waals surface area (Å²) in [6.07, 6.45) is 7.62. The molecule has 0 aromatic carbocycles. The topological polar surface area (TPSA) is 95.3 Å². The fraction of sp³-hybridized carbons (Fsp3) is 0.421. The van der Waals surface area contributed by atoms with Crippen LogP contribution in [0.15, 0.2) is 31.0 Å². The fourth-order valence-corrected chi connectivity index (χ4v) is 4.55. The van der Waals surface area contributed by atoms with Gasteiger partial charge in [-0.25, -0.2) is 14.2 Å². The van der Waals surface area contributed by atoms with Crippen LogP contribution in [0.1, 0.15) is 25.8 Å². The highest BCUT2D eigenvalue weighted by atomic mass is 19.3. The summed E-state index contributed by atoms with van der Waals surface area (Å²) in [5.74, 6) is 0.625. The maximum Gasteiger partial charge on any atom is 0.333 e. The molecule has 2 saturated heterocycles. The van der Waals surface area contributed by atoms with Crippen molar-refractivity contribution in [2.75, 3.05) is 18.0 Å². The number of rotatable bonds is 4. The zero-order valence-corrected chi connectivity index (χ0v) is 15.9. The molecule has 1 amide bonds. The lowest BCUT2D eigenvalue weighted by Gasteiger charge is -2.41. The average molecular weight is 412 g/mol. The number of aromatic nitrogens is 5. The van der Waals surface area contributed by atoms with Crippen molar-refractivity contribution in [1.29, 1.82) is 5.26 Å². The Morgan fingerprint density at radius 2 is 1.97 bits per heavy atom. The third-order valence-electron chi connectivity index (χ3n) is 5.82. The fourth-order valence-electron chi connectivity index (χ4n) is 4.55. The molecule has 11 heteroatoms. The minimum atomic E-state index is -2.69. The Bertz CT molecular complexity index is 1140. The highest BCUT2D eigenvalue weighted by Gasteiger charge is 2.43. The van der Waals surface area contributed by atoms with E-state index in [1.165, 1.54) is 18.7 Å². The summed E-state index contributed by atoms with van der Waals surface area (Å²) in [5, 5.41) is 16.8. The van der Waals surface area contributed by atoms with E-state index in [2.05, 4.69) is 20.1 Å². The van der Waals surface area contributed by atoms with Gasteiger partial charge in [-0.2, -0.15) is 24.2 Å². The normalized spacial score (nSPS) is 20.9. The first-order chi connectivity index (χ1) is 14.5. The number of amides is 1. The summed E-state index contributed by atoms with van der Waals surface area (Å²) in [6, 6.07) is 3.91. The molecule has 0 saturated carbocycles. The second-order valence-electron chi connectivity index (χ2n) is 7.55. The molecule has 5 rings (SSSR count). The smallest absolute Gasteiger partial charge is 0.333 e. The van der Waals surface area contributed by atoms with Crippen LogP contribution in [0, 0.1) is 11.3 Å². The van der Waals surface area contributed by atoms with Crippen molar-refractivity contribution in [1.82, 2.24) is 29.3 Å². The molecule has 0 radical (unpaired) electrons. The van der Waals surface area contributed by atoms with E-state index in [-0.39, 0.29) is 24.4 Å². The van der Waals surface area contributed by atoms with Gasteiger partial charge in [-0.15, -0.1) is 0 Å². The first-order valence-corrected chi connectivity index (χ1v) is 9.64. The Balaban J connectivity index is 1.45. The lowest BCUT2D eigenvalue weighted by atomic mass is 10.1. The summed E-state index contributed by atoms with van der Waals surface area (Å²) in [7, 11) is 0. The molecule has 2 bridgehead atoms. The predicted octanol–water partition coefficient (Wildman–Crippen LogP) is 2.08. The van der Waals surface area contributed by atoms with Crippen LogP contribution in [0.5, 0.6) is 0 Å². The highest BCUT2D eigenvalue weighted by Crippen LogP contribution is 2.34. The number of alkyl halides is 2. The summed E-state index contributed by atoms with van der Waals surface area (Å²) >= 11 is 0. The van der Waals surface area contributed by atoms with Crippen LogP contribution < -0.4 is 4.90 Å². The number of halogens is 2. The van der Waals surface area contributed by atoms with Gasteiger partial charge in [0.15, 0.2) is 5.82 Å². The van der Waals surface area contributed by atoms with Gasteiger partial charge in [-0.3, -0.25) is 4.79 Å². The van der Waals surface area contributed by atoms with Gasteiger partial charge in [0, 0.05) is 48.7 Å². The summed E-state index contributed by atoms with van der Waals surface area (Å²) in [6.45, 7) is -1.43. The predicted molar refractivity (Wildman–Crippen MR) is 102 cm³/mol. The van der Waals surface area contributed by atoms with Crippen LogP contribution in [0.4, 0.5) is 14.6 Å². The number of nitrogens with zero attached hydrogens (tertiary/aromatic N) is 8. The summed E-state index contributed by atoms with van der Waals surface area (Å²) < 4.78 is 28.0. The molecule has 0 aliphatic carbocycles. The Kier molecular flexibility index (Phi) is 4.34. The minimum Gasteiger partial charge on any atom is -0.351 e. The van der Waals surface area contributed by atoms with Gasteiger partial charge in [-0.05, 0) is 18.9 Å². The summed E-state index contributed by atoms with van der Waals surface area (Å²) in [5.41, 5.74) is 2.04. The van der Waals surface area contributed by atoms with Crippen LogP contribution in [0.25, 0.3) is 16.6 Å². The third-order valence-corrected chi connectivity index (χ3v) is 5.82. The van der Waals surface area contributed by atoms with Crippen molar-refractivity contribution in [2.45, 2.75) is 37.9 Å². The van der Waals surface area contributed by atoms with E-state index in [0.717, 1.165) is 29.7 Å². The molecular weight excluding hydrogens is 394 g/mol. The van der Waals surface area contributed by atoms with Crippen LogP contribution in [-0.4, -0.2) is 60.4 Å². The molecule has 2 fully saturated rings. The van der Waals surface area contributed by atoms with E-state index in [1.54, 1.807) is 10.7 Å². The van der Waals surface area contributed by atoms with E-state index >= 15 is 0 Å². The van der Waals surface area contributed by atoms with Crippen molar-refractivity contribution in [2.24, 2.45) is 0 Å². The Hall–Kier alpha value is -3.55. The Morgan fingerprint density at radius 1 is 1.20 bits per heavy atom. The average Bonchev–Trinajstić information content (AvgIpc) is 3.43. The minimum absolute atomic E-state index is 0.0540. The zero-order valence-electron chi connectivity index (χ0n) is 15.9. The third kappa shape index (κ3) is 2.96. The van der Waals surface area contributed by atoms with Gasteiger partial charge in [-0.1, -0.05) is 0 Å². The molecule has 2 aliphatic rings. The number of nitriles is 1. The van der Waals surface area contributed by atoms with Gasteiger partial charge in [0.05, 0.1) is 12.3 Å². The van der Waals surface area contributed by atoms with Crippen molar-refractivity contribution >= 4 is 17.2 Å². The Morgan fingerprint density at radius 3 is 2.63 bits per heavy atom. The number of carbonyl (C=O) groups is 1. The van der Waals surface area contributed by atoms with Crippen molar-refractivity contribution in [3.63, 3.8) is 0 Å². The number of piperazine rings is 1. The molecule has 154 valence electrons. The molecule has 0 N–H and O–H groups in total. The number of hydrogen-bond donors (Lipinski definition) is 0. The van der Waals surface area contributed by atoms with Crippen LogP contribution in [0.2, 0.25) is 0 Å². The molecule has 30 heavy (non-hydrogen) atoms. The van der Waals surface area contributed by atoms with Crippen LogP contribution in [-0.2, 0) is 4.79 Å². The quantitative estimate of drug-likeness (QED) is 0.651. The summed E-state index contributed by atoms with van der Waals surface area (Å²) in [4.78, 5) is 20.8. The highest BCUT2D eigenvalue weighted by molar-refractivity contribution is 5.81. The number of fused-ring (bicyclic) bond motifs is 3. The van der Waals surface area contributed by atoms with E-state index in [1.807, 2.05) is 17.0 Å². The van der Waals surface area contributed by atoms with Gasteiger partial charge >= 0.3 is 6.55 Å². The van der Waals surface area contributed by atoms with Crippen molar-refractivity contribution in [3.05, 3.63) is 31.0 Å². The van der Waals surface area contributed by atoms with Crippen molar-refractivity contribution < 1.29 is 13.6 Å². The lowest BCUT2D eigenvalue weighted by Crippen LogP contribution is -2.56. The standard InChI is InChI=1S/C19H18F2N8O/c20-19(21)28-8-13(6-24-28)12-5-16-18(23-11-25-27(16)7-12)26-9-14-1-2-15(10-26)29(14)17(30)3-4-22/h5-8,11,14-15,19H,1-3,9-10H2.